The number of amides is 1. The molecule has 1 aromatic carbocycles. The average molecular weight is 423 g/mol. The molecule has 1 atom stereocenters. The Hall–Kier alpha value is -2.77. The number of carbonyl (C=O) groups is 1. The molecule has 6 nitrogen and oxygen atoms in total. The molecule has 0 saturated carbocycles. The zero-order valence-electron chi connectivity index (χ0n) is 17.8. The van der Waals surface area contributed by atoms with Crippen molar-refractivity contribution < 1.29 is 13.9 Å². The molecule has 0 radical (unpaired) electrons. The van der Waals surface area contributed by atoms with Crippen molar-refractivity contribution in [2.24, 2.45) is 0 Å². The van der Waals surface area contributed by atoms with E-state index in [-0.39, 0.29) is 11.7 Å². The number of nitrogens with zero attached hydrogens (tertiary/aromatic N) is 4. The maximum atomic E-state index is 13.3. The number of pyridine rings is 1. The monoisotopic (exact) mass is 422 g/mol. The Kier molecular flexibility index (Phi) is 5.46. The van der Waals surface area contributed by atoms with Crippen LogP contribution in [0.3, 0.4) is 0 Å². The molecule has 2 aliphatic heterocycles. The number of carbonyl (C=O) groups excluding carboxylic acids is 1. The summed E-state index contributed by atoms with van der Waals surface area (Å²) >= 11 is 0. The third kappa shape index (κ3) is 3.95. The largest absolute Gasteiger partial charge is 0.378 e. The molecule has 5 rings (SSSR count). The number of rotatable bonds is 4. The molecule has 1 unspecified atom stereocenters. The van der Waals surface area contributed by atoms with Crippen molar-refractivity contribution in [2.45, 2.75) is 25.8 Å². The minimum Gasteiger partial charge on any atom is -0.378 e. The number of imidazole rings is 1. The van der Waals surface area contributed by atoms with Crippen LogP contribution >= 0.6 is 0 Å². The smallest absolute Gasteiger partial charge is 0.274 e. The van der Waals surface area contributed by atoms with Gasteiger partial charge in [0.25, 0.3) is 5.91 Å². The highest BCUT2D eigenvalue weighted by molar-refractivity contribution is 5.94. The molecule has 0 aliphatic carbocycles. The quantitative estimate of drug-likeness (QED) is 0.648. The van der Waals surface area contributed by atoms with Crippen LogP contribution in [0.1, 0.15) is 39.6 Å². The van der Waals surface area contributed by atoms with E-state index in [9.17, 15) is 9.18 Å². The predicted molar refractivity (Wildman–Crippen MR) is 116 cm³/mol. The molecule has 0 N–H and O–H groups in total. The molecular formula is C24H27FN4O2. The topological polar surface area (TPSA) is 50.1 Å². The van der Waals surface area contributed by atoms with E-state index in [4.69, 9.17) is 9.72 Å². The van der Waals surface area contributed by atoms with E-state index in [1.807, 2.05) is 42.3 Å². The number of morpholine rings is 1. The van der Waals surface area contributed by atoms with Crippen molar-refractivity contribution in [1.82, 2.24) is 19.2 Å². The predicted octanol–water partition coefficient (Wildman–Crippen LogP) is 3.24. The lowest BCUT2D eigenvalue weighted by Gasteiger charge is -2.26. The Labute approximate surface area is 181 Å². The van der Waals surface area contributed by atoms with E-state index in [1.165, 1.54) is 17.7 Å². The fourth-order valence-corrected chi connectivity index (χ4v) is 4.69. The number of likely N-dealkylation sites (tertiary alicyclic amines) is 1. The summed E-state index contributed by atoms with van der Waals surface area (Å²) in [7, 11) is 0. The maximum Gasteiger partial charge on any atom is 0.274 e. The van der Waals surface area contributed by atoms with Crippen molar-refractivity contribution >= 4 is 11.6 Å². The van der Waals surface area contributed by atoms with Crippen LogP contribution in [0.2, 0.25) is 0 Å². The standard InChI is InChI=1S/C24H27FN4O2/c1-17-3-2-9-29-21(22(26-23(17)29)24(30)28-11-13-31-14-12-28)16-27-10-8-19(15-27)18-4-6-20(25)7-5-18/h2-7,9,19H,8,10-16H2,1H3. The summed E-state index contributed by atoms with van der Waals surface area (Å²) < 4.78 is 20.8. The zero-order chi connectivity index (χ0) is 21.4. The molecule has 31 heavy (non-hydrogen) atoms. The number of ether oxygens (including phenoxy) is 1. The average Bonchev–Trinajstić information content (AvgIpc) is 3.41. The van der Waals surface area contributed by atoms with Gasteiger partial charge in [-0.15, -0.1) is 0 Å². The summed E-state index contributed by atoms with van der Waals surface area (Å²) in [4.78, 5) is 22.3. The van der Waals surface area contributed by atoms with E-state index in [0.717, 1.165) is 36.4 Å². The van der Waals surface area contributed by atoms with Gasteiger partial charge in [-0.25, -0.2) is 9.37 Å². The summed E-state index contributed by atoms with van der Waals surface area (Å²) in [6, 6.07) is 10.9. The van der Waals surface area contributed by atoms with Gasteiger partial charge in [0, 0.05) is 32.4 Å². The molecule has 4 heterocycles. The fraction of sp³-hybridized carbons (Fsp3) is 0.417. The fourth-order valence-electron chi connectivity index (χ4n) is 4.69. The summed E-state index contributed by atoms with van der Waals surface area (Å²) in [5, 5.41) is 0. The highest BCUT2D eigenvalue weighted by Gasteiger charge is 2.29. The number of fused-ring (bicyclic) bond motifs is 1. The molecule has 2 aliphatic rings. The Morgan fingerprint density at radius 1 is 1.16 bits per heavy atom. The van der Waals surface area contributed by atoms with Crippen LogP contribution < -0.4 is 0 Å². The van der Waals surface area contributed by atoms with E-state index < -0.39 is 0 Å². The van der Waals surface area contributed by atoms with E-state index in [1.54, 1.807) is 0 Å². The van der Waals surface area contributed by atoms with Crippen molar-refractivity contribution in [1.29, 1.82) is 0 Å². The second-order valence-electron chi connectivity index (χ2n) is 8.47. The number of aromatic nitrogens is 2. The molecule has 2 aromatic heterocycles. The molecule has 0 bridgehead atoms. The normalized spacial score (nSPS) is 19.9. The molecule has 0 spiro atoms. The highest BCUT2D eigenvalue weighted by atomic mass is 19.1. The van der Waals surface area contributed by atoms with Crippen LogP contribution in [-0.2, 0) is 11.3 Å². The minimum absolute atomic E-state index is 0.0179. The van der Waals surface area contributed by atoms with Gasteiger partial charge in [0.15, 0.2) is 5.69 Å². The summed E-state index contributed by atoms with van der Waals surface area (Å²) in [6.45, 7) is 6.84. The summed E-state index contributed by atoms with van der Waals surface area (Å²) in [5.41, 5.74) is 4.54. The lowest BCUT2D eigenvalue weighted by atomic mass is 9.99. The molecule has 162 valence electrons. The van der Waals surface area contributed by atoms with Crippen molar-refractivity contribution in [3.05, 3.63) is 70.9 Å². The Bertz CT molecular complexity index is 1090. The van der Waals surface area contributed by atoms with Gasteiger partial charge in [-0.3, -0.25) is 9.69 Å². The third-order valence-corrected chi connectivity index (χ3v) is 6.43. The number of hydrogen-bond acceptors (Lipinski definition) is 4. The first-order valence-electron chi connectivity index (χ1n) is 10.9. The number of benzene rings is 1. The maximum absolute atomic E-state index is 13.3. The summed E-state index contributed by atoms with van der Waals surface area (Å²) in [6.07, 6.45) is 3.02. The van der Waals surface area contributed by atoms with E-state index in [0.29, 0.717) is 44.5 Å². The van der Waals surface area contributed by atoms with Crippen LogP contribution in [0.25, 0.3) is 5.65 Å². The second kappa shape index (κ2) is 8.40. The Morgan fingerprint density at radius 2 is 1.94 bits per heavy atom. The first kappa shape index (κ1) is 20.2. The van der Waals surface area contributed by atoms with Crippen molar-refractivity contribution in [3.63, 3.8) is 0 Å². The van der Waals surface area contributed by atoms with Gasteiger partial charge in [-0.1, -0.05) is 18.2 Å². The molecular weight excluding hydrogens is 395 g/mol. The second-order valence-corrected chi connectivity index (χ2v) is 8.47. The van der Waals surface area contributed by atoms with Gasteiger partial charge >= 0.3 is 0 Å². The molecule has 7 heteroatoms. The zero-order valence-corrected chi connectivity index (χ0v) is 17.8. The summed E-state index contributed by atoms with van der Waals surface area (Å²) in [5.74, 6) is 0.154. The molecule has 2 fully saturated rings. The van der Waals surface area contributed by atoms with Gasteiger partial charge in [0.05, 0.1) is 18.9 Å². The van der Waals surface area contributed by atoms with Crippen molar-refractivity contribution in [2.75, 3.05) is 39.4 Å². The minimum atomic E-state index is -0.203. The van der Waals surface area contributed by atoms with Gasteiger partial charge in [0.2, 0.25) is 0 Å². The van der Waals surface area contributed by atoms with Crippen LogP contribution in [0, 0.1) is 12.7 Å². The van der Waals surface area contributed by atoms with Gasteiger partial charge in [-0.2, -0.15) is 0 Å². The first-order valence-corrected chi connectivity index (χ1v) is 10.9. The van der Waals surface area contributed by atoms with Crippen LogP contribution in [0.4, 0.5) is 4.39 Å². The van der Waals surface area contributed by atoms with Crippen LogP contribution in [0.5, 0.6) is 0 Å². The number of halogens is 1. The SMILES string of the molecule is Cc1cccn2c(CN3CCC(c4ccc(F)cc4)C3)c(C(=O)N3CCOCC3)nc12. The highest BCUT2D eigenvalue weighted by Crippen LogP contribution is 2.29. The molecule has 2 saturated heterocycles. The van der Waals surface area contributed by atoms with Gasteiger partial charge in [0.1, 0.15) is 11.5 Å². The lowest BCUT2D eigenvalue weighted by molar-refractivity contribution is 0.0298. The van der Waals surface area contributed by atoms with E-state index in [2.05, 4.69) is 9.30 Å². The first-order chi connectivity index (χ1) is 15.1. The third-order valence-electron chi connectivity index (χ3n) is 6.43. The van der Waals surface area contributed by atoms with Gasteiger partial charge in [-0.05, 0) is 55.1 Å². The molecule has 1 amide bonds. The van der Waals surface area contributed by atoms with E-state index >= 15 is 0 Å². The molecule has 3 aromatic rings. The Balaban J connectivity index is 1.42. The number of hydrogen-bond donors (Lipinski definition) is 0. The van der Waals surface area contributed by atoms with Crippen LogP contribution in [-0.4, -0.2) is 64.5 Å². The van der Waals surface area contributed by atoms with Gasteiger partial charge < -0.3 is 14.0 Å². The number of aryl methyl sites for hydroxylation is 1. The van der Waals surface area contributed by atoms with Crippen molar-refractivity contribution in [3.8, 4) is 0 Å². The Morgan fingerprint density at radius 3 is 2.71 bits per heavy atom. The van der Waals surface area contributed by atoms with Crippen LogP contribution in [0.15, 0.2) is 42.6 Å². The lowest BCUT2D eigenvalue weighted by Crippen LogP contribution is -2.41.